The van der Waals surface area contributed by atoms with Crippen LogP contribution in [0.3, 0.4) is 0 Å². The van der Waals surface area contributed by atoms with E-state index in [1.807, 2.05) is 13.8 Å². The molecule has 2 amide bonds. The summed E-state index contributed by atoms with van der Waals surface area (Å²) in [6.45, 7) is 4.12. The van der Waals surface area contributed by atoms with Crippen LogP contribution in [-0.2, 0) is 0 Å². The monoisotopic (exact) mass is 314 g/mol. The SMILES string of the molecule is CC(C)N(CCCO)C(=O)Nc1cc(Cl)cc(C(=O)O)c1. The molecule has 7 heteroatoms. The minimum atomic E-state index is -1.12. The second-order valence-electron chi connectivity index (χ2n) is 4.83. The van der Waals surface area contributed by atoms with Crippen molar-refractivity contribution in [3.05, 3.63) is 28.8 Å². The van der Waals surface area contributed by atoms with Gasteiger partial charge in [0.25, 0.3) is 0 Å². The molecule has 0 aromatic heterocycles. The van der Waals surface area contributed by atoms with Gasteiger partial charge in [-0.25, -0.2) is 9.59 Å². The first-order valence-corrected chi connectivity index (χ1v) is 6.95. The number of aromatic carboxylic acids is 1. The van der Waals surface area contributed by atoms with Gasteiger partial charge in [0.1, 0.15) is 0 Å². The zero-order chi connectivity index (χ0) is 16.0. The van der Waals surface area contributed by atoms with E-state index in [0.29, 0.717) is 18.7 Å². The van der Waals surface area contributed by atoms with Gasteiger partial charge in [0, 0.05) is 29.9 Å². The lowest BCUT2D eigenvalue weighted by Crippen LogP contribution is -2.41. The van der Waals surface area contributed by atoms with Crippen molar-refractivity contribution >= 4 is 29.3 Å². The Morgan fingerprint density at radius 2 is 2.00 bits per heavy atom. The number of nitrogens with one attached hydrogen (secondary N) is 1. The van der Waals surface area contributed by atoms with Gasteiger partial charge in [-0.15, -0.1) is 0 Å². The maximum Gasteiger partial charge on any atom is 0.335 e. The summed E-state index contributed by atoms with van der Waals surface area (Å²) in [4.78, 5) is 24.7. The Morgan fingerprint density at radius 1 is 1.33 bits per heavy atom. The fourth-order valence-electron chi connectivity index (χ4n) is 1.82. The van der Waals surface area contributed by atoms with Gasteiger partial charge in [-0.2, -0.15) is 0 Å². The minimum Gasteiger partial charge on any atom is -0.478 e. The van der Waals surface area contributed by atoms with Crippen LogP contribution in [0.1, 0.15) is 30.6 Å². The van der Waals surface area contributed by atoms with Crippen molar-refractivity contribution in [1.82, 2.24) is 4.90 Å². The summed E-state index contributed by atoms with van der Waals surface area (Å²) in [5, 5.41) is 20.7. The molecule has 0 atom stereocenters. The number of urea groups is 1. The molecule has 0 heterocycles. The van der Waals surface area contributed by atoms with E-state index in [9.17, 15) is 9.59 Å². The lowest BCUT2D eigenvalue weighted by atomic mass is 10.2. The van der Waals surface area contributed by atoms with Crippen LogP contribution in [0.5, 0.6) is 0 Å². The minimum absolute atomic E-state index is 0.00315. The summed E-state index contributed by atoms with van der Waals surface area (Å²) in [5.41, 5.74) is 0.323. The van der Waals surface area contributed by atoms with E-state index in [1.165, 1.54) is 18.2 Å². The molecule has 0 bridgehead atoms. The standard InChI is InChI=1S/C14H19ClN2O4/c1-9(2)17(4-3-5-18)14(21)16-12-7-10(13(19)20)6-11(15)8-12/h6-9,18H,3-5H2,1-2H3,(H,16,21)(H,19,20). The Labute approximate surface area is 128 Å². The summed E-state index contributed by atoms with van der Waals surface area (Å²) in [7, 11) is 0. The molecular weight excluding hydrogens is 296 g/mol. The van der Waals surface area contributed by atoms with Crippen LogP contribution in [0, 0.1) is 0 Å². The Bertz CT molecular complexity index is 520. The number of hydrogen-bond acceptors (Lipinski definition) is 3. The average Bonchev–Trinajstić information content (AvgIpc) is 2.37. The second-order valence-corrected chi connectivity index (χ2v) is 5.26. The lowest BCUT2D eigenvalue weighted by molar-refractivity contribution is 0.0697. The number of carbonyl (C=O) groups is 2. The predicted octanol–water partition coefficient (Wildman–Crippen LogP) is 2.66. The molecule has 6 nitrogen and oxygen atoms in total. The number of rotatable bonds is 6. The zero-order valence-corrected chi connectivity index (χ0v) is 12.7. The highest BCUT2D eigenvalue weighted by atomic mass is 35.5. The molecule has 0 saturated carbocycles. The van der Waals surface area contributed by atoms with E-state index in [-0.39, 0.29) is 29.3 Å². The Balaban J connectivity index is 2.88. The smallest absolute Gasteiger partial charge is 0.335 e. The number of halogens is 1. The van der Waals surface area contributed by atoms with Gasteiger partial charge in [-0.05, 0) is 38.5 Å². The van der Waals surface area contributed by atoms with Crippen LogP contribution < -0.4 is 5.32 Å². The predicted molar refractivity (Wildman–Crippen MR) is 81.0 cm³/mol. The fraction of sp³-hybridized carbons (Fsp3) is 0.429. The van der Waals surface area contributed by atoms with Gasteiger partial charge in [-0.1, -0.05) is 11.6 Å². The number of hydrogen-bond donors (Lipinski definition) is 3. The number of carbonyl (C=O) groups excluding carboxylic acids is 1. The van der Waals surface area contributed by atoms with Crippen LogP contribution >= 0.6 is 11.6 Å². The Hall–Kier alpha value is -1.79. The second kappa shape index (κ2) is 7.85. The first-order valence-electron chi connectivity index (χ1n) is 6.57. The molecular formula is C14H19ClN2O4. The Morgan fingerprint density at radius 3 is 2.52 bits per heavy atom. The molecule has 3 N–H and O–H groups in total. The maximum atomic E-state index is 12.2. The van der Waals surface area contributed by atoms with Crippen LogP contribution in [0.2, 0.25) is 5.02 Å². The van der Waals surface area contributed by atoms with Crippen molar-refractivity contribution in [3.8, 4) is 0 Å². The molecule has 0 radical (unpaired) electrons. The van der Waals surface area contributed by atoms with Gasteiger partial charge in [0.15, 0.2) is 0 Å². The highest BCUT2D eigenvalue weighted by Crippen LogP contribution is 2.20. The number of amides is 2. The van der Waals surface area contributed by atoms with Gasteiger partial charge < -0.3 is 20.4 Å². The number of carboxylic acid groups (broad SMARTS) is 1. The summed E-state index contributed by atoms with van der Waals surface area (Å²) in [6.07, 6.45) is 0.474. The average molecular weight is 315 g/mol. The molecule has 0 aliphatic rings. The fourth-order valence-corrected chi connectivity index (χ4v) is 2.05. The largest absolute Gasteiger partial charge is 0.478 e. The van der Waals surface area contributed by atoms with Crippen molar-refractivity contribution in [1.29, 1.82) is 0 Å². The van der Waals surface area contributed by atoms with Crippen LogP contribution in [0.4, 0.5) is 10.5 Å². The molecule has 1 aromatic rings. The molecule has 1 rings (SSSR count). The van der Waals surface area contributed by atoms with Gasteiger partial charge in [0.05, 0.1) is 5.56 Å². The van der Waals surface area contributed by atoms with Crippen molar-refractivity contribution in [3.63, 3.8) is 0 Å². The van der Waals surface area contributed by atoms with Crippen molar-refractivity contribution < 1.29 is 19.8 Å². The number of benzene rings is 1. The molecule has 0 saturated heterocycles. The first-order chi connectivity index (χ1) is 9.85. The Kier molecular flexibility index (Phi) is 6.45. The number of aliphatic hydroxyl groups excluding tert-OH is 1. The zero-order valence-electron chi connectivity index (χ0n) is 12.0. The third-order valence-corrected chi connectivity index (χ3v) is 3.06. The summed E-state index contributed by atoms with van der Waals surface area (Å²) < 4.78 is 0. The van der Waals surface area contributed by atoms with E-state index < -0.39 is 5.97 Å². The lowest BCUT2D eigenvalue weighted by Gasteiger charge is -2.26. The van der Waals surface area contributed by atoms with Crippen molar-refractivity contribution in [2.45, 2.75) is 26.3 Å². The molecule has 0 spiro atoms. The molecule has 0 unspecified atom stereocenters. The maximum absolute atomic E-state index is 12.2. The van der Waals surface area contributed by atoms with E-state index in [4.69, 9.17) is 21.8 Å². The van der Waals surface area contributed by atoms with Crippen LogP contribution in [0.15, 0.2) is 18.2 Å². The first kappa shape index (κ1) is 17.3. The topological polar surface area (TPSA) is 89.9 Å². The third-order valence-electron chi connectivity index (χ3n) is 2.84. The number of aliphatic hydroxyl groups is 1. The number of anilines is 1. The summed E-state index contributed by atoms with van der Waals surface area (Å²) in [6, 6.07) is 3.73. The summed E-state index contributed by atoms with van der Waals surface area (Å²) in [5.74, 6) is -1.12. The molecule has 0 aliphatic carbocycles. The van der Waals surface area contributed by atoms with Gasteiger partial charge in [0.2, 0.25) is 0 Å². The molecule has 0 fully saturated rings. The highest BCUT2D eigenvalue weighted by molar-refractivity contribution is 6.31. The van der Waals surface area contributed by atoms with Crippen LogP contribution in [-0.4, -0.2) is 46.3 Å². The van der Waals surface area contributed by atoms with Crippen LogP contribution in [0.25, 0.3) is 0 Å². The van der Waals surface area contributed by atoms with E-state index in [0.717, 1.165) is 0 Å². The molecule has 21 heavy (non-hydrogen) atoms. The molecule has 116 valence electrons. The number of nitrogens with zero attached hydrogens (tertiary/aromatic N) is 1. The normalized spacial score (nSPS) is 10.5. The quantitative estimate of drug-likeness (QED) is 0.753. The highest BCUT2D eigenvalue weighted by Gasteiger charge is 2.17. The van der Waals surface area contributed by atoms with Crippen molar-refractivity contribution in [2.24, 2.45) is 0 Å². The van der Waals surface area contributed by atoms with Crippen molar-refractivity contribution in [2.75, 3.05) is 18.5 Å². The summed E-state index contributed by atoms with van der Waals surface area (Å²) >= 11 is 5.84. The van der Waals surface area contributed by atoms with Gasteiger partial charge in [-0.3, -0.25) is 0 Å². The number of carboxylic acids is 1. The van der Waals surface area contributed by atoms with E-state index in [2.05, 4.69) is 5.32 Å². The molecule has 1 aromatic carbocycles. The van der Waals surface area contributed by atoms with E-state index >= 15 is 0 Å². The van der Waals surface area contributed by atoms with Gasteiger partial charge >= 0.3 is 12.0 Å². The molecule has 0 aliphatic heterocycles. The van der Waals surface area contributed by atoms with E-state index in [1.54, 1.807) is 4.90 Å². The third kappa shape index (κ3) is 5.24.